The standard InChI is InChI=1S/C8H14BrClO2/c1-6(12)3-4-7(9)8(2,10)5-11/h7,11H,3-5H2,1-2H3/t7-,8+/m1/s1. The number of aliphatic hydroxyl groups is 1. The molecule has 0 amide bonds. The van der Waals surface area contributed by atoms with Crippen LogP contribution in [0.3, 0.4) is 0 Å². The van der Waals surface area contributed by atoms with Gasteiger partial charge in [0.15, 0.2) is 0 Å². The highest BCUT2D eigenvalue weighted by atomic mass is 79.9. The molecule has 0 saturated heterocycles. The molecule has 0 aliphatic rings. The van der Waals surface area contributed by atoms with Gasteiger partial charge in [-0.25, -0.2) is 0 Å². The fourth-order valence-corrected chi connectivity index (χ4v) is 1.21. The molecule has 0 aromatic carbocycles. The summed E-state index contributed by atoms with van der Waals surface area (Å²) in [4.78, 5) is 9.94. The predicted molar refractivity (Wildman–Crippen MR) is 54.0 cm³/mol. The molecule has 0 bridgehead atoms. The summed E-state index contributed by atoms with van der Waals surface area (Å²) in [5, 5.41) is 8.88. The first-order chi connectivity index (χ1) is 5.40. The number of Topliss-reactive ketones (excluding diaryl/α,β-unsaturated/α-hetero) is 1. The summed E-state index contributed by atoms with van der Waals surface area (Å²) in [6.45, 7) is 3.20. The molecule has 2 atom stereocenters. The zero-order chi connectivity index (χ0) is 9.78. The Labute approximate surface area is 86.4 Å². The maximum Gasteiger partial charge on any atom is 0.129 e. The highest BCUT2D eigenvalue weighted by Crippen LogP contribution is 2.28. The summed E-state index contributed by atoms with van der Waals surface area (Å²) in [7, 11) is 0. The van der Waals surface area contributed by atoms with E-state index in [0.29, 0.717) is 12.8 Å². The van der Waals surface area contributed by atoms with Crippen LogP contribution in [0.5, 0.6) is 0 Å². The topological polar surface area (TPSA) is 37.3 Å². The molecule has 2 nitrogen and oxygen atoms in total. The van der Waals surface area contributed by atoms with Crippen molar-refractivity contribution in [3.63, 3.8) is 0 Å². The number of hydrogen-bond donors (Lipinski definition) is 1. The SMILES string of the molecule is CC(=O)CC[C@@H](Br)[C@@](C)(Cl)CO. The quantitative estimate of drug-likeness (QED) is 0.766. The van der Waals surface area contributed by atoms with Crippen molar-refractivity contribution in [2.75, 3.05) is 6.61 Å². The Hall–Kier alpha value is 0.400. The van der Waals surface area contributed by atoms with Crippen molar-refractivity contribution < 1.29 is 9.90 Å². The highest BCUT2D eigenvalue weighted by Gasteiger charge is 2.29. The van der Waals surface area contributed by atoms with Crippen molar-refractivity contribution in [1.82, 2.24) is 0 Å². The molecule has 0 unspecified atom stereocenters. The van der Waals surface area contributed by atoms with Gasteiger partial charge < -0.3 is 9.90 Å². The van der Waals surface area contributed by atoms with Crippen LogP contribution in [-0.4, -0.2) is 27.2 Å². The molecular formula is C8H14BrClO2. The number of aliphatic hydroxyl groups excluding tert-OH is 1. The van der Waals surface area contributed by atoms with Crippen molar-refractivity contribution >= 4 is 33.3 Å². The number of ketones is 1. The van der Waals surface area contributed by atoms with Gasteiger partial charge in [0.2, 0.25) is 0 Å². The van der Waals surface area contributed by atoms with Crippen molar-refractivity contribution in [2.45, 2.75) is 36.4 Å². The van der Waals surface area contributed by atoms with Gasteiger partial charge in [-0.3, -0.25) is 0 Å². The number of rotatable bonds is 5. The molecule has 72 valence electrons. The number of carbonyl (C=O) groups is 1. The molecule has 0 aromatic rings. The summed E-state index contributed by atoms with van der Waals surface area (Å²) in [6.07, 6.45) is 1.16. The largest absolute Gasteiger partial charge is 0.395 e. The minimum atomic E-state index is -0.671. The summed E-state index contributed by atoms with van der Waals surface area (Å²) in [6, 6.07) is 0. The first kappa shape index (κ1) is 12.4. The molecule has 0 aliphatic carbocycles. The Morgan fingerprint density at radius 3 is 2.58 bits per heavy atom. The van der Waals surface area contributed by atoms with Crippen molar-refractivity contribution in [1.29, 1.82) is 0 Å². The molecule has 1 N–H and O–H groups in total. The minimum absolute atomic E-state index is 0.0273. The van der Waals surface area contributed by atoms with E-state index < -0.39 is 4.87 Å². The second-order valence-electron chi connectivity index (χ2n) is 3.14. The van der Waals surface area contributed by atoms with Gasteiger partial charge in [-0.2, -0.15) is 0 Å². The lowest BCUT2D eigenvalue weighted by molar-refractivity contribution is -0.117. The summed E-state index contributed by atoms with van der Waals surface area (Å²) < 4.78 is 0. The lowest BCUT2D eigenvalue weighted by atomic mass is 10.0. The normalized spacial score (nSPS) is 18.4. The van der Waals surface area contributed by atoms with Crippen LogP contribution < -0.4 is 0 Å². The number of alkyl halides is 2. The second-order valence-corrected chi connectivity index (χ2v) is 5.11. The third-order valence-electron chi connectivity index (χ3n) is 1.71. The van der Waals surface area contributed by atoms with Crippen molar-refractivity contribution in [3.05, 3.63) is 0 Å². The molecule has 0 saturated carbocycles. The predicted octanol–water partition coefficient (Wildman–Crippen LogP) is 2.11. The summed E-state index contributed by atoms with van der Waals surface area (Å²) >= 11 is 9.29. The van der Waals surface area contributed by atoms with E-state index in [0.717, 1.165) is 0 Å². The Morgan fingerprint density at radius 1 is 1.75 bits per heavy atom. The minimum Gasteiger partial charge on any atom is -0.395 e. The van der Waals surface area contributed by atoms with Crippen LogP contribution in [0.4, 0.5) is 0 Å². The number of carbonyl (C=O) groups excluding carboxylic acids is 1. The van der Waals surface area contributed by atoms with Crippen LogP contribution in [0.1, 0.15) is 26.7 Å². The maximum atomic E-state index is 10.6. The Kier molecular flexibility index (Phi) is 5.37. The maximum absolute atomic E-state index is 10.6. The lowest BCUT2D eigenvalue weighted by Gasteiger charge is -2.24. The van der Waals surface area contributed by atoms with E-state index in [1.54, 1.807) is 13.8 Å². The third-order valence-corrected chi connectivity index (χ3v) is 3.83. The monoisotopic (exact) mass is 256 g/mol. The number of halogens is 2. The van der Waals surface area contributed by atoms with Gasteiger partial charge in [0.05, 0.1) is 11.5 Å². The highest BCUT2D eigenvalue weighted by molar-refractivity contribution is 9.09. The van der Waals surface area contributed by atoms with Gasteiger partial charge >= 0.3 is 0 Å². The van der Waals surface area contributed by atoms with E-state index in [1.807, 2.05) is 0 Å². The van der Waals surface area contributed by atoms with Crippen LogP contribution in [0, 0.1) is 0 Å². The molecule has 0 heterocycles. The zero-order valence-electron chi connectivity index (χ0n) is 7.31. The van der Waals surface area contributed by atoms with E-state index in [2.05, 4.69) is 15.9 Å². The molecule has 4 heteroatoms. The van der Waals surface area contributed by atoms with Crippen LogP contribution in [-0.2, 0) is 4.79 Å². The Morgan fingerprint density at radius 2 is 2.25 bits per heavy atom. The van der Waals surface area contributed by atoms with Crippen molar-refractivity contribution in [3.8, 4) is 0 Å². The second kappa shape index (κ2) is 5.20. The first-order valence-corrected chi connectivity index (χ1v) is 5.13. The lowest BCUT2D eigenvalue weighted by Crippen LogP contribution is -2.33. The van der Waals surface area contributed by atoms with Crippen LogP contribution in [0.25, 0.3) is 0 Å². The fourth-order valence-electron chi connectivity index (χ4n) is 0.730. The zero-order valence-corrected chi connectivity index (χ0v) is 9.65. The van der Waals surface area contributed by atoms with Gasteiger partial charge in [-0.15, -0.1) is 11.6 Å². The van der Waals surface area contributed by atoms with Gasteiger partial charge in [0.25, 0.3) is 0 Å². The van der Waals surface area contributed by atoms with Crippen LogP contribution >= 0.6 is 27.5 Å². The van der Waals surface area contributed by atoms with Crippen LogP contribution in [0.15, 0.2) is 0 Å². The molecule has 0 aliphatic heterocycles. The Balaban J connectivity index is 3.86. The fraction of sp³-hybridized carbons (Fsp3) is 0.875. The van der Waals surface area contributed by atoms with Gasteiger partial charge in [0, 0.05) is 11.2 Å². The molecule has 0 fully saturated rings. The van der Waals surface area contributed by atoms with Crippen LogP contribution in [0.2, 0.25) is 0 Å². The summed E-state index contributed by atoms with van der Waals surface area (Å²) in [5.41, 5.74) is 0. The molecule has 0 rings (SSSR count). The molecule has 0 spiro atoms. The van der Waals surface area contributed by atoms with E-state index >= 15 is 0 Å². The summed E-state index contributed by atoms with van der Waals surface area (Å²) in [5.74, 6) is 0.143. The molecule has 0 aromatic heterocycles. The Bertz CT molecular complexity index is 159. The smallest absolute Gasteiger partial charge is 0.129 e. The third kappa shape index (κ3) is 4.43. The molecular weight excluding hydrogens is 243 g/mol. The van der Waals surface area contributed by atoms with Gasteiger partial charge in [-0.05, 0) is 20.3 Å². The molecule has 0 radical (unpaired) electrons. The number of hydrogen-bond acceptors (Lipinski definition) is 2. The average molecular weight is 258 g/mol. The van der Waals surface area contributed by atoms with E-state index in [4.69, 9.17) is 16.7 Å². The molecule has 12 heavy (non-hydrogen) atoms. The van der Waals surface area contributed by atoms with Crippen molar-refractivity contribution in [2.24, 2.45) is 0 Å². The van der Waals surface area contributed by atoms with Gasteiger partial charge in [-0.1, -0.05) is 15.9 Å². The van der Waals surface area contributed by atoms with Gasteiger partial charge in [0.1, 0.15) is 5.78 Å². The van der Waals surface area contributed by atoms with E-state index in [9.17, 15) is 4.79 Å². The van der Waals surface area contributed by atoms with E-state index in [1.165, 1.54) is 0 Å². The van der Waals surface area contributed by atoms with E-state index in [-0.39, 0.29) is 17.2 Å². The average Bonchev–Trinajstić information content (AvgIpc) is 2.00. The first-order valence-electron chi connectivity index (χ1n) is 3.83.